The molecule has 0 aliphatic carbocycles. The van der Waals surface area contributed by atoms with Gasteiger partial charge in [0.05, 0.1) is 18.6 Å². The second-order valence-electron chi connectivity index (χ2n) is 7.99. The fourth-order valence-corrected chi connectivity index (χ4v) is 3.19. The minimum Gasteiger partial charge on any atom is -0.456 e. The number of rotatable bonds is 6. The molecule has 1 fully saturated rings. The van der Waals surface area contributed by atoms with Gasteiger partial charge in [-0.2, -0.15) is 0 Å². The number of hydrogen-bond donors (Lipinski definition) is 0. The fourth-order valence-electron chi connectivity index (χ4n) is 3.19. The molecule has 1 amide bonds. The lowest BCUT2D eigenvalue weighted by Crippen LogP contribution is -2.32. The third-order valence-electron chi connectivity index (χ3n) is 4.74. The zero-order valence-electron chi connectivity index (χ0n) is 17.0. The van der Waals surface area contributed by atoms with Gasteiger partial charge in [0.2, 0.25) is 0 Å². The number of hydroxylamine groups is 2. The number of likely N-dealkylation sites (N-methyl/N-ethyl adjacent to an activating group) is 1. The smallest absolute Gasteiger partial charge is 0.338 e. The van der Waals surface area contributed by atoms with Gasteiger partial charge < -0.3 is 9.47 Å². The molecular formula is C21H31NO5. The van der Waals surface area contributed by atoms with Crippen LogP contribution in [0.3, 0.4) is 0 Å². The molecule has 0 bridgehead atoms. The number of benzene rings is 1. The van der Waals surface area contributed by atoms with Gasteiger partial charge in [-0.15, -0.1) is 0 Å². The third-order valence-corrected chi connectivity index (χ3v) is 4.74. The van der Waals surface area contributed by atoms with E-state index in [0.29, 0.717) is 11.5 Å². The summed E-state index contributed by atoms with van der Waals surface area (Å²) >= 11 is 0. The molecule has 1 aliphatic rings. The number of carbonyl (C=O) groups is 2. The molecule has 2 rings (SSSR count). The Hall–Kier alpha value is -1.92. The van der Waals surface area contributed by atoms with Crippen LogP contribution in [0, 0.1) is 5.92 Å². The highest BCUT2D eigenvalue weighted by Crippen LogP contribution is 2.31. The van der Waals surface area contributed by atoms with Crippen molar-refractivity contribution in [2.45, 2.75) is 51.6 Å². The highest BCUT2D eigenvalue weighted by atomic mass is 16.7. The topological polar surface area (TPSA) is 65.1 Å². The van der Waals surface area contributed by atoms with Gasteiger partial charge in [-0.25, -0.2) is 9.86 Å². The van der Waals surface area contributed by atoms with Gasteiger partial charge in [0.15, 0.2) is 0 Å². The number of amides is 1. The first-order valence-electron chi connectivity index (χ1n) is 9.44. The number of nitrogens with zero attached hydrogens (tertiary/aromatic N) is 1. The molecule has 1 heterocycles. The Labute approximate surface area is 161 Å². The second kappa shape index (κ2) is 9.33. The molecule has 1 aromatic rings. The standard InChI is InChI=1S/C21H31NO5/c1-21(2,3)27-20(24)17-8-6-16(7-9-17)18(19(23)22(4)25-5)14-15-10-12-26-13-11-15/h6-9,15,18H,10-14H2,1-5H3. The first-order valence-corrected chi connectivity index (χ1v) is 9.44. The molecule has 0 saturated carbocycles. The number of carbonyl (C=O) groups excluding carboxylic acids is 2. The summed E-state index contributed by atoms with van der Waals surface area (Å²) < 4.78 is 10.8. The summed E-state index contributed by atoms with van der Waals surface area (Å²) in [6.07, 6.45) is 2.65. The second-order valence-corrected chi connectivity index (χ2v) is 7.99. The highest BCUT2D eigenvalue weighted by Gasteiger charge is 2.29. The van der Waals surface area contributed by atoms with Crippen LogP contribution in [0.15, 0.2) is 24.3 Å². The predicted octanol–water partition coefficient (Wildman–Crippen LogP) is 3.56. The lowest BCUT2D eigenvalue weighted by Gasteiger charge is -2.28. The van der Waals surface area contributed by atoms with Crippen LogP contribution in [0.1, 0.15) is 61.9 Å². The van der Waals surface area contributed by atoms with E-state index in [0.717, 1.165) is 38.0 Å². The van der Waals surface area contributed by atoms with Crippen molar-refractivity contribution >= 4 is 11.9 Å². The summed E-state index contributed by atoms with van der Waals surface area (Å²) in [5.41, 5.74) is 0.812. The Morgan fingerprint density at radius 3 is 2.30 bits per heavy atom. The Balaban J connectivity index is 2.18. The Bertz CT molecular complexity index is 629. The molecule has 6 nitrogen and oxygen atoms in total. The van der Waals surface area contributed by atoms with Crippen molar-refractivity contribution in [1.29, 1.82) is 0 Å². The van der Waals surface area contributed by atoms with Crippen molar-refractivity contribution in [3.8, 4) is 0 Å². The molecule has 1 aliphatic heterocycles. The quantitative estimate of drug-likeness (QED) is 0.560. The van der Waals surface area contributed by atoms with Crippen LogP contribution in [-0.4, -0.2) is 49.9 Å². The SMILES string of the molecule is CON(C)C(=O)C(CC1CCOCC1)c1ccc(C(=O)OC(C)(C)C)cc1. The molecule has 1 atom stereocenters. The average molecular weight is 377 g/mol. The Morgan fingerprint density at radius 2 is 1.78 bits per heavy atom. The molecular weight excluding hydrogens is 346 g/mol. The van der Waals surface area contributed by atoms with E-state index >= 15 is 0 Å². The van der Waals surface area contributed by atoms with Crippen molar-refractivity contribution in [1.82, 2.24) is 5.06 Å². The van der Waals surface area contributed by atoms with E-state index in [9.17, 15) is 9.59 Å². The maximum Gasteiger partial charge on any atom is 0.338 e. The van der Waals surface area contributed by atoms with Crippen LogP contribution in [0.25, 0.3) is 0 Å². The lowest BCUT2D eigenvalue weighted by atomic mass is 9.84. The maximum absolute atomic E-state index is 12.8. The van der Waals surface area contributed by atoms with E-state index in [1.54, 1.807) is 19.2 Å². The van der Waals surface area contributed by atoms with Crippen molar-refractivity contribution in [3.63, 3.8) is 0 Å². The molecule has 0 spiro atoms. The monoisotopic (exact) mass is 377 g/mol. The first kappa shape index (κ1) is 21.4. The number of hydrogen-bond acceptors (Lipinski definition) is 5. The first-order chi connectivity index (χ1) is 12.7. The van der Waals surface area contributed by atoms with Crippen molar-refractivity contribution in [2.75, 3.05) is 27.4 Å². The summed E-state index contributed by atoms with van der Waals surface area (Å²) in [6.45, 7) is 6.99. The summed E-state index contributed by atoms with van der Waals surface area (Å²) in [6, 6.07) is 7.12. The van der Waals surface area contributed by atoms with Gasteiger partial charge in [0, 0.05) is 20.3 Å². The van der Waals surface area contributed by atoms with Gasteiger partial charge in [0.25, 0.3) is 5.91 Å². The van der Waals surface area contributed by atoms with Crippen molar-refractivity contribution in [2.24, 2.45) is 5.92 Å². The van der Waals surface area contributed by atoms with E-state index in [1.165, 1.54) is 12.2 Å². The number of ether oxygens (including phenoxy) is 2. The predicted molar refractivity (Wildman–Crippen MR) is 102 cm³/mol. The van der Waals surface area contributed by atoms with E-state index in [4.69, 9.17) is 14.3 Å². The molecule has 0 radical (unpaired) electrons. The van der Waals surface area contributed by atoms with Gasteiger partial charge in [-0.05, 0) is 63.6 Å². The summed E-state index contributed by atoms with van der Waals surface area (Å²) in [7, 11) is 3.10. The molecule has 6 heteroatoms. The zero-order valence-corrected chi connectivity index (χ0v) is 17.0. The Kier molecular flexibility index (Phi) is 7.39. The molecule has 0 N–H and O–H groups in total. The summed E-state index contributed by atoms with van der Waals surface area (Å²) in [5, 5.41) is 1.27. The van der Waals surface area contributed by atoms with Gasteiger partial charge >= 0.3 is 5.97 Å². The van der Waals surface area contributed by atoms with Crippen molar-refractivity contribution < 1.29 is 23.9 Å². The normalized spacial score (nSPS) is 16.6. The molecule has 0 aromatic heterocycles. The fraction of sp³-hybridized carbons (Fsp3) is 0.619. The van der Waals surface area contributed by atoms with E-state index in [-0.39, 0.29) is 17.8 Å². The highest BCUT2D eigenvalue weighted by molar-refractivity contribution is 5.90. The van der Waals surface area contributed by atoms with Crippen LogP contribution in [0.4, 0.5) is 0 Å². The largest absolute Gasteiger partial charge is 0.456 e. The maximum atomic E-state index is 12.8. The summed E-state index contributed by atoms with van der Waals surface area (Å²) in [5.74, 6) is -0.335. The molecule has 1 saturated heterocycles. The van der Waals surface area contributed by atoms with Crippen molar-refractivity contribution in [3.05, 3.63) is 35.4 Å². The van der Waals surface area contributed by atoms with Gasteiger partial charge in [0.1, 0.15) is 5.60 Å². The molecule has 27 heavy (non-hydrogen) atoms. The molecule has 1 aromatic carbocycles. The Morgan fingerprint density at radius 1 is 1.19 bits per heavy atom. The lowest BCUT2D eigenvalue weighted by molar-refractivity contribution is -0.171. The van der Waals surface area contributed by atoms with Crippen LogP contribution >= 0.6 is 0 Å². The van der Waals surface area contributed by atoms with Gasteiger partial charge in [-0.1, -0.05) is 12.1 Å². The molecule has 1 unspecified atom stereocenters. The third kappa shape index (κ3) is 6.33. The van der Waals surface area contributed by atoms with Crippen LogP contribution < -0.4 is 0 Å². The summed E-state index contributed by atoms with van der Waals surface area (Å²) in [4.78, 5) is 30.2. The zero-order chi connectivity index (χ0) is 20.0. The van der Waals surface area contributed by atoms with Crippen LogP contribution in [0.2, 0.25) is 0 Å². The van der Waals surface area contributed by atoms with E-state index in [1.807, 2.05) is 32.9 Å². The van der Waals surface area contributed by atoms with Gasteiger partial charge in [-0.3, -0.25) is 9.63 Å². The average Bonchev–Trinajstić information content (AvgIpc) is 2.64. The minimum atomic E-state index is -0.543. The molecule has 150 valence electrons. The number of esters is 1. The van der Waals surface area contributed by atoms with E-state index < -0.39 is 5.60 Å². The van der Waals surface area contributed by atoms with Crippen LogP contribution in [-0.2, 0) is 19.1 Å². The minimum absolute atomic E-state index is 0.0889. The van der Waals surface area contributed by atoms with E-state index in [2.05, 4.69) is 0 Å². The van der Waals surface area contributed by atoms with Crippen LogP contribution in [0.5, 0.6) is 0 Å².